The van der Waals surface area contributed by atoms with Crippen LogP contribution in [0.3, 0.4) is 0 Å². The predicted molar refractivity (Wildman–Crippen MR) is 74.6 cm³/mol. The molecular weight excluding hydrogens is 296 g/mol. The van der Waals surface area contributed by atoms with E-state index in [9.17, 15) is 16.8 Å². The molecule has 0 atom stereocenters. The molecule has 1 fully saturated rings. The Morgan fingerprint density at radius 2 is 1.89 bits per heavy atom. The molecule has 0 bridgehead atoms. The monoisotopic (exact) mass is 314 g/mol. The van der Waals surface area contributed by atoms with E-state index in [-0.39, 0.29) is 30.9 Å². The maximum absolute atomic E-state index is 11.9. The van der Waals surface area contributed by atoms with E-state index in [2.05, 4.69) is 16.9 Å². The Labute approximate surface area is 113 Å². The van der Waals surface area contributed by atoms with Crippen LogP contribution in [0, 0.1) is 0 Å². The summed E-state index contributed by atoms with van der Waals surface area (Å²) < 4.78 is 48.6. The molecule has 3 N–H and O–H groups in total. The van der Waals surface area contributed by atoms with Crippen molar-refractivity contribution in [3.05, 3.63) is 0 Å². The van der Waals surface area contributed by atoms with Crippen LogP contribution in [0.1, 0.15) is 25.7 Å². The van der Waals surface area contributed by atoms with Gasteiger partial charge in [-0.25, -0.2) is 21.6 Å². The summed E-state index contributed by atoms with van der Waals surface area (Å²) in [7, 11) is -6.47. The predicted octanol–water partition coefficient (Wildman–Crippen LogP) is -0.451. The second-order valence-electron chi connectivity index (χ2n) is 4.36. The van der Waals surface area contributed by atoms with Crippen LogP contribution in [0.2, 0.25) is 0 Å². The van der Waals surface area contributed by atoms with Crippen LogP contribution in [-0.2, 0) is 19.9 Å². The van der Waals surface area contributed by atoms with Gasteiger partial charge in [0.2, 0.25) is 10.0 Å². The summed E-state index contributed by atoms with van der Waals surface area (Å²) in [6.45, 7) is 0.281. The van der Waals surface area contributed by atoms with Crippen LogP contribution >= 0.6 is 12.2 Å². The fraction of sp³-hybridized carbons (Fsp3) is 0.889. The van der Waals surface area contributed by atoms with Crippen molar-refractivity contribution < 1.29 is 16.8 Å². The molecule has 1 saturated heterocycles. The lowest BCUT2D eigenvalue weighted by Crippen LogP contribution is -2.40. The number of rotatable bonds is 6. The van der Waals surface area contributed by atoms with E-state index in [1.807, 2.05) is 0 Å². The van der Waals surface area contributed by atoms with Gasteiger partial charge in [-0.15, -0.1) is 0 Å². The van der Waals surface area contributed by atoms with Crippen LogP contribution in [-0.4, -0.2) is 45.1 Å². The zero-order valence-corrected chi connectivity index (χ0v) is 12.4. The van der Waals surface area contributed by atoms with E-state index in [0.29, 0.717) is 17.8 Å². The number of sulfonamides is 1. The lowest BCUT2D eigenvalue weighted by Gasteiger charge is -2.22. The molecule has 0 aromatic heterocycles. The van der Waals surface area contributed by atoms with Crippen LogP contribution in [0.15, 0.2) is 0 Å². The first-order valence-corrected chi connectivity index (χ1v) is 9.48. The van der Waals surface area contributed by atoms with Crippen LogP contribution < -0.4 is 10.5 Å². The Morgan fingerprint density at radius 3 is 2.39 bits per heavy atom. The Morgan fingerprint density at radius 1 is 1.33 bits per heavy atom. The van der Waals surface area contributed by atoms with E-state index in [1.54, 1.807) is 0 Å². The van der Waals surface area contributed by atoms with Crippen molar-refractivity contribution in [1.82, 2.24) is 4.72 Å². The third-order valence-corrected chi connectivity index (χ3v) is 6.72. The first-order valence-electron chi connectivity index (χ1n) is 5.70. The van der Waals surface area contributed by atoms with Gasteiger partial charge in [0, 0.05) is 6.54 Å². The van der Waals surface area contributed by atoms with Gasteiger partial charge in [0.1, 0.15) is 9.84 Å². The normalized spacial score (nSPS) is 20.7. The van der Waals surface area contributed by atoms with Crippen LogP contribution in [0.4, 0.5) is 0 Å². The highest BCUT2D eigenvalue weighted by Gasteiger charge is 2.32. The third-order valence-electron chi connectivity index (χ3n) is 2.84. The summed E-state index contributed by atoms with van der Waals surface area (Å²) in [5.41, 5.74) is 5.30. The lowest BCUT2D eigenvalue weighted by atomic mass is 10.2. The van der Waals surface area contributed by atoms with E-state index >= 15 is 0 Å². The maximum atomic E-state index is 11.9. The molecular formula is C9H18N2O4S3. The molecule has 9 heteroatoms. The van der Waals surface area contributed by atoms with Gasteiger partial charge < -0.3 is 5.73 Å². The molecule has 1 heterocycles. The van der Waals surface area contributed by atoms with Gasteiger partial charge in [0.25, 0.3) is 0 Å². The molecule has 0 saturated carbocycles. The number of nitrogens with one attached hydrogen (secondary N) is 1. The molecule has 0 unspecified atom stereocenters. The van der Waals surface area contributed by atoms with Crippen LogP contribution in [0.25, 0.3) is 0 Å². The minimum absolute atomic E-state index is 0.0501. The lowest BCUT2D eigenvalue weighted by molar-refractivity contribution is 0.541. The Kier molecular flexibility index (Phi) is 5.50. The second-order valence-corrected chi connectivity index (χ2v) is 9.23. The quantitative estimate of drug-likeness (QED) is 0.508. The van der Waals surface area contributed by atoms with Gasteiger partial charge in [-0.2, -0.15) is 0 Å². The summed E-state index contributed by atoms with van der Waals surface area (Å²) in [6, 6.07) is 0. The van der Waals surface area contributed by atoms with Crippen molar-refractivity contribution in [3.63, 3.8) is 0 Å². The molecule has 0 radical (unpaired) electrons. The summed E-state index contributed by atoms with van der Waals surface area (Å²) >= 11 is 4.69. The van der Waals surface area contributed by atoms with Crippen molar-refractivity contribution >= 4 is 37.1 Å². The van der Waals surface area contributed by atoms with Crippen molar-refractivity contribution in [2.45, 2.75) is 30.9 Å². The largest absolute Gasteiger partial charge is 0.393 e. The SMILES string of the molecule is NC(=S)CCCNS(=O)(=O)C1CCS(=O)(=O)CC1. The molecule has 1 aliphatic rings. The van der Waals surface area contributed by atoms with Gasteiger partial charge in [-0.3, -0.25) is 0 Å². The number of sulfone groups is 1. The van der Waals surface area contributed by atoms with Crippen molar-refractivity contribution in [1.29, 1.82) is 0 Å². The zero-order chi connectivity index (χ0) is 13.8. The maximum Gasteiger partial charge on any atom is 0.214 e. The molecule has 0 aliphatic carbocycles. The number of hydrogen-bond donors (Lipinski definition) is 2. The van der Waals surface area contributed by atoms with Crippen molar-refractivity contribution in [2.24, 2.45) is 5.73 Å². The molecule has 0 aromatic rings. The summed E-state index contributed by atoms with van der Waals surface area (Å²) in [5, 5.41) is -0.606. The summed E-state index contributed by atoms with van der Waals surface area (Å²) in [5.74, 6) is -0.100. The molecule has 18 heavy (non-hydrogen) atoms. The topological polar surface area (TPSA) is 106 Å². The van der Waals surface area contributed by atoms with Crippen molar-refractivity contribution in [2.75, 3.05) is 18.1 Å². The average Bonchev–Trinajstić information content (AvgIpc) is 2.23. The zero-order valence-electron chi connectivity index (χ0n) is 9.96. The fourth-order valence-electron chi connectivity index (χ4n) is 1.77. The first-order chi connectivity index (χ1) is 8.23. The minimum Gasteiger partial charge on any atom is -0.393 e. The van der Waals surface area contributed by atoms with Gasteiger partial charge in [-0.05, 0) is 25.7 Å². The summed E-state index contributed by atoms with van der Waals surface area (Å²) in [6.07, 6.45) is 1.40. The van der Waals surface area contributed by atoms with E-state index in [0.717, 1.165) is 0 Å². The number of hydrogen-bond acceptors (Lipinski definition) is 5. The molecule has 1 rings (SSSR count). The number of thiocarbonyl (C=S) groups is 1. The van der Waals surface area contributed by atoms with Gasteiger partial charge in [0.15, 0.2) is 0 Å². The first kappa shape index (κ1) is 15.8. The third kappa shape index (κ3) is 5.17. The highest BCUT2D eigenvalue weighted by atomic mass is 32.2. The fourth-order valence-corrected chi connectivity index (χ4v) is 5.23. The molecule has 1 aliphatic heterocycles. The Balaban J connectivity index is 2.42. The van der Waals surface area contributed by atoms with E-state index in [4.69, 9.17) is 5.73 Å². The number of nitrogens with two attached hydrogens (primary N) is 1. The van der Waals surface area contributed by atoms with Gasteiger partial charge in [0.05, 0.1) is 21.7 Å². The van der Waals surface area contributed by atoms with Crippen LogP contribution in [0.5, 0.6) is 0 Å². The molecule has 0 amide bonds. The van der Waals surface area contributed by atoms with Gasteiger partial charge in [-0.1, -0.05) is 12.2 Å². The minimum atomic E-state index is -3.43. The van der Waals surface area contributed by atoms with E-state index in [1.165, 1.54) is 0 Å². The molecule has 106 valence electrons. The summed E-state index contributed by atoms with van der Waals surface area (Å²) in [4.78, 5) is 0.359. The second kappa shape index (κ2) is 6.27. The standard InChI is InChI=1S/C9H18N2O4S3/c10-9(16)2-1-5-11-18(14,15)8-3-6-17(12,13)7-4-8/h8,11H,1-7H2,(H2,10,16). The average molecular weight is 314 g/mol. The molecule has 6 nitrogen and oxygen atoms in total. The highest BCUT2D eigenvalue weighted by Crippen LogP contribution is 2.18. The van der Waals surface area contributed by atoms with E-state index < -0.39 is 25.1 Å². The Bertz CT molecular complexity index is 484. The highest BCUT2D eigenvalue weighted by molar-refractivity contribution is 7.92. The smallest absolute Gasteiger partial charge is 0.214 e. The Hall–Kier alpha value is -0.250. The molecule has 0 aromatic carbocycles. The van der Waals surface area contributed by atoms with Gasteiger partial charge >= 0.3 is 0 Å². The van der Waals surface area contributed by atoms with Crippen molar-refractivity contribution in [3.8, 4) is 0 Å². The molecule has 0 spiro atoms.